The standard InChI is InChI=1S/C22H24N2O6/c1-28-18-8-4-2-6-16(18)10-12-23-20(25)15-30-22(27)14-24-17-7-3-5-9-19(17)29-13-11-21(24)26/h2-9H,10-15H2,1H3,(H,23,25). The predicted octanol–water partition coefficient (Wildman–Crippen LogP) is 1.71. The summed E-state index contributed by atoms with van der Waals surface area (Å²) in [7, 11) is 1.59. The maximum Gasteiger partial charge on any atom is 0.326 e. The molecule has 8 heteroatoms. The van der Waals surface area contributed by atoms with Crippen LogP contribution in [0.15, 0.2) is 48.5 Å². The van der Waals surface area contributed by atoms with Gasteiger partial charge in [-0.15, -0.1) is 0 Å². The van der Waals surface area contributed by atoms with Crippen LogP contribution >= 0.6 is 0 Å². The number of esters is 1. The van der Waals surface area contributed by atoms with Crippen LogP contribution in [0.5, 0.6) is 11.5 Å². The summed E-state index contributed by atoms with van der Waals surface area (Å²) < 4.78 is 15.9. The van der Waals surface area contributed by atoms with Crippen molar-refractivity contribution < 1.29 is 28.6 Å². The Hall–Kier alpha value is -3.55. The zero-order chi connectivity index (χ0) is 21.3. The maximum atomic E-state index is 12.3. The third kappa shape index (κ3) is 5.50. The van der Waals surface area contributed by atoms with Gasteiger partial charge in [-0.3, -0.25) is 19.3 Å². The first-order valence-corrected chi connectivity index (χ1v) is 9.65. The van der Waals surface area contributed by atoms with Crippen LogP contribution in [0.25, 0.3) is 0 Å². The molecule has 0 bridgehead atoms. The van der Waals surface area contributed by atoms with E-state index in [1.54, 1.807) is 31.4 Å². The maximum absolute atomic E-state index is 12.3. The zero-order valence-corrected chi connectivity index (χ0v) is 16.8. The summed E-state index contributed by atoms with van der Waals surface area (Å²) in [6.45, 7) is -0.0687. The molecule has 8 nitrogen and oxygen atoms in total. The summed E-state index contributed by atoms with van der Waals surface area (Å²) in [5.41, 5.74) is 1.48. The van der Waals surface area contributed by atoms with Crippen LogP contribution in [0.3, 0.4) is 0 Å². The predicted molar refractivity (Wildman–Crippen MR) is 110 cm³/mol. The van der Waals surface area contributed by atoms with E-state index in [1.807, 2.05) is 24.3 Å². The van der Waals surface area contributed by atoms with Gasteiger partial charge in [-0.05, 0) is 30.2 Å². The van der Waals surface area contributed by atoms with Gasteiger partial charge in [0.1, 0.15) is 18.0 Å². The van der Waals surface area contributed by atoms with Crippen LogP contribution < -0.4 is 19.7 Å². The van der Waals surface area contributed by atoms with Crippen LogP contribution in [0.1, 0.15) is 12.0 Å². The molecule has 1 aliphatic rings. The lowest BCUT2D eigenvalue weighted by molar-refractivity contribution is -0.147. The van der Waals surface area contributed by atoms with Crippen molar-refractivity contribution >= 4 is 23.5 Å². The van der Waals surface area contributed by atoms with Gasteiger partial charge in [0.25, 0.3) is 5.91 Å². The number of fused-ring (bicyclic) bond motifs is 1. The van der Waals surface area contributed by atoms with Gasteiger partial charge in [0.2, 0.25) is 5.91 Å². The summed E-state index contributed by atoms with van der Waals surface area (Å²) in [4.78, 5) is 37.8. The highest BCUT2D eigenvalue weighted by molar-refractivity contribution is 5.99. The molecule has 0 unspecified atom stereocenters. The first-order chi connectivity index (χ1) is 14.6. The van der Waals surface area contributed by atoms with E-state index in [4.69, 9.17) is 14.2 Å². The Bertz CT molecular complexity index is 914. The summed E-state index contributed by atoms with van der Waals surface area (Å²) in [6.07, 6.45) is 0.744. The van der Waals surface area contributed by atoms with Gasteiger partial charge in [-0.25, -0.2) is 0 Å². The molecule has 30 heavy (non-hydrogen) atoms. The van der Waals surface area contributed by atoms with Crippen molar-refractivity contribution in [3.05, 3.63) is 54.1 Å². The number of nitrogens with one attached hydrogen (secondary N) is 1. The van der Waals surface area contributed by atoms with Gasteiger partial charge in [0.15, 0.2) is 6.61 Å². The molecule has 0 spiro atoms. The minimum Gasteiger partial charge on any atom is -0.496 e. The lowest BCUT2D eigenvalue weighted by Crippen LogP contribution is -2.37. The first kappa shape index (κ1) is 21.2. The molecular formula is C22H24N2O6. The molecule has 1 aliphatic heterocycles. The number of carbonyl (C=O) groups excluding carboxylic acids is 3. The smallest absolute Gasteiger partial charge is 0.326 e. The molecular weight excluding hydrogens is 388 g/mol. The van der Waals surface area contributed by atoms with Crippen LogP contribution in [0.2, 0.25) is 0 Å². The highest BCUT2D eigenvalue weighted by Crippen LogP contribution is 2.30. The molecule has 0 aromatic heterocycles. The fourth-order valence-electron chi connectivity index (χ4n) is 3.11. The van der Waals surface area contributed by atoms with E-state index < -0.39 is 18.5 Å². The zero-order valence-electron chi connectivity index (χ0n) is 16.8. The van der Waals surface area contributed by atoms with E-state index in [-0.39, 0.29) is 25.5 Å². The normalized spacial score (nSPS) is 13.0. The van der Waals surface area contributed by atoms with Gasteiger partial charge in [0, 0.05) is 6.54 Å². The van der Waals surface area contributed by atoms with Gasteiger partial charge >= 0.3 is 5.97 Å². The van der Waals surface area contributed by atoms with Crippen LogP contribution in [-0.2, 0) is 25.5 Å². The second kappa shape index (κ2) is 10.3. The minimum absolute atomic E-state index is 0.158. The number of para-hydroxylation sites is 3. The number of nitrogens with zero attached hydrogens (tertiary/aromatic N) is 1. The fraction of sp³-hybridized carbons (Fsp3) is 0.318. The average molecular weight is 412 g/mol. The third-order valence-corrected chi connectivity index (χ3v) is 4.59. The molecule has 0 aliphatic carbocycles. The molecule has 0 fully saturated rings. The Morgan fingerprint density at radius 1 is 1.13 bits per heavy atom. The van der Waals surface area contributed by atoms with Gasteiger partial charge < -0.3 is 19.5 Å². The van der Waals surface area contributed by atoms with Crippen LogP contribution in [0.4, 0.5) is 5.69 Å². The number of benzene rings is 2. The van der Waals surface area contributed by atoms with Crippen molar-refractivity contribution in [2.75, 3.05) is 38.3 Å². The number of amides is 2. The molecule has 0 saturated carbocycles. The van der Waals surface area contributed by atoms with E-state index in [0.717, 1.165) is 11.3 Å². The number of hydrogen-bond donors (Lipinski definition) is 1. The van der Waals surface area contributed by atoms with Crippen molar-refractivity contribution in [1.29, 1.82) is 0 Å². The number of anilines is 1. The number of rotatable bonds is 8. The Kier molecular flexibility index (Phi) is 7.26. The third-order valence-electron chi connectivity index (χ3n) is 4.59. The fourth-order valence-corrected chi connectivity index (χ4v) is 3.11. The Morgan fingerprint density at radius 3 is 2.73 bits per heavy atom. The monoisotopic (exact) mass is 412 g/mol. The van der Waals surface area contributed by atoms with E-state index in [2.05, 4.69) is 5.32 Å². The number of methoxy groups -OCH3 is 1. The van der Waals surface area contributed by atoms with Crippen molar-refractivity contribution in [2.24, 2.45) is 0 Å². The molecule has 2 aromatic rings. The van der Waals surface area contributed by atoms with Crippen LogP contribution in [0, 0.1) is 0 Å². The molecule has 158 valence electrons. The number of carbonyl (C=O) groups is 3. The summed E-state index contributed by atoms with van der Waals surface area (Å²) in [6, 6.07) is 14.5. The average Bonchev–Trinajstić information content (AvgIpc) is 2.91. The molecule has 3 rings (SSSR count). The summed E-state index contributed by atoms with van der Waals surface area (Å²) >= 11 is 0. The second-order valence-electron chi connectivity index (χ2n) is 6.62. The lowest BCUT2D eigenvalue weighted by Gasteiger charge is -2.20. The van der Waals surface area contributed by atoms with Gasteiger partial charge in [-0.1, -0.05) is 30.3 Å². The quantitative estimate of drug-likeness (QED) is 0.664. The molecule has 0 atom stereocenters. The molecule has 1 N–H and O–H groups in total. The van der Waals surface area contributed by atoms with Crippen LogP contribution in [-0.4, -0.2) is 51.2 Å². The lowest BCUT2D eigenvalue weighted by atomic mass is 10.1. The number of hydrogen-bond acceptors (Lipinski definition) is 6. The number of ether oxygens (including phenoxy) is 3. The highest BCUT2D eigenvalue weighted by Gasteiger charge is 2.25. The Labute approximate surface area is 174 Å². The van der Waals surface area contributed by atoms with E-state index in [9.17, 15) is 14.4 Å². The SMILES string of the molecule is COc1ccccc1CCNC(=O)COC(=O)CN1C(=O)CCOc2ccccc21. The minimum atomic E-state index is -0.667. The molecule has 2 amide bonds. The van der Waals surface area contributed by atoms with Crippen molar-refractivity contribution in [1.82, 2.24) is 5.32 Å². The van der Waals surface area contributed by atoms with Gasteiger partial charge in [-0.2, -0.15) is 0 Å². The largest absolute Gasteiger partial charge is 0.496 e. The van der Waals surface area contributed by atoms with E-state index >= 15 is 0 Å². The molecule has 2 aromatic carbocycles. The van der Waals surface area contributed by atoms with Crippen molar-refractivity contribution in [3.63, 3.8) is 0 Å². The second-order valence-corrected chi connectivity index (χ2v) is 6.62. The molecule has 0 radical (unpaired) electrons. The topological polar surface area (TPSA) is 94.2 Å². The summed E-state index contributed by atoms with van der Waals surface area (Å²) in [5, 5.41) is 2.70. The summed E-state index contributed by atoms with van der Waals surface area (Å²) in [5.74, 6) is -0.0305. The Balaban J connectivity index is 1.46. The van der Waals surface area contributed by atoms with E-state index in [0.29, 0.717) is 24.4 Å². The first-order valence-electron chi connectivity index (χ1n) is 9.65. The van der Waals surface area contributed by atoms with E-state index in [1.165, 1.54) is 4.90 Å². The Morgan fingerprint density at radius 2 is 1.90 bits per heavy atom. The van der Waals surface area contributed by atoms with Gasteiger partial charge in [0.05, 0.1) is 25.8 Å². The molecule has 1 heterocycles. The van der Waals surface area contributed by atoms with Crippen molar-refractivity contribution in [2.45, 2.75) is 12.8 Å². The molecule has 0 saturated heterocycles. The van der Waals surface area contributed by atoms with Crippen molar-refractivity contribution in [3.8, 4) is 11.5 Å². The highest BCUT2D eigenvalue weighted by atomic mass is 16.5.